The summed E-state index contributed by atoms with van der Waals surface area (Å²) >= 11 is 0. The second kappa shape index (κ2) is 5.11. The van der Waals surface area contributed by atoms with Gasteiger partial charge in [0.1, 0.15) is 5.60 Å². The average Bonchev–Trinajstić information content (AvgIpc) is 2.80. The van der Waals surface area contributed by atoms with E-state index >= 15 is 0 Å². The van der Waals surface area contributed by atoms with E-state index < -0.39 is 0 Å². The van der Waals surface area contributed by atoms with Gasteiger partial charge in [-0.15, -0.1) is 0 Å². The number of benzene rings is 1. The number of nitrogens with zero attached hydrogens (tertiary/aromatic N) is 3. The molecule has 5 heteroatoms. The Morgan fingerprint density at radius 2 is 2.09 bits per heavy atom. The molecule has 120 valence electrons. The first-order valence-electron chi connectivity index (χ1n) is 8.12. The number of piperidine rings is 1. The quantitative estimate of drug-likeness (QED) is 0.812. The molecule has 0 bridgehead atoms. The number of likely N-dealkylation sites (N-methyl/N-ethyl adjacent to an activating group) is 1. The molecule has 1 aromatic carbocycles. The molecule has 2 saturated heterocycles. The van der Waals surface area contributed by atoms with Crippen LogP contribution in [0.25, 0.3) is 10.9 Å². The zero-order chi connectivity index (χ0) is 16.0. The largest absolute Gasteiger partial charge is 0.439 e. The number of anilines is 1. The number of aryl methyl sites for hydroxylation is 1. The van der Waals surface area contributed by atoms with Gasteiger partial charge >= 0.3 is 6.09 Å². The van der Waals surface area contributed by atoms with Crippen molar-refractivity contribution >= 4 is 22.7 Å². The third kappa shape index (κ3) is 2.40. The molecule has 1 spiro atoms. The minimum atomic E-state index is -0.373. The molecule has 0 N–H and O–H groups in total. The van der Waals surface area contributed by atoms with E-state index in [0.717, 1.165) is 42.5 Å². The molecule has 0 aliphatic carbocycles. The lowest BCUT2D eigenvalue weighted by atomic mass is 9.92. The summed E-state index contributed by atoms with van der Waals surface area (Å²) < 4.78 is 5.73. The molecule has 2 aromatic rings. The van der Waals surface area contributed by atoms with Crippen molar-refractivity contribution in [1.82, 2.24) is 9.88 Å². The first-order valence-corrected chi connectivity index (χ1v) is 8.12. The van der Waals surface area contributed by atoms with Gasteiger partial charge < -0.3 is 14.5 Å². The Kier molecular flexibility index (Phi) is 3.18. The third-order valence-electron chi connectivity index (χ3n) is 4.84. The van der Waals surface area contributed by atoms with E-state index in [-0.39, 0.29) is 11.7 Å². The molecule has 23 heavy (non-hydrogen) atoms. The molecule has 1 amide bonds. The van der Waals surface area contributed by atoms with Gasteiger partial charge in [0.15, 0.2) is 0 Å². The van der Waals surface area contributed by atoms with Gasteiger partial charge in [-0.05, 0) is 31.9 Å². The van der Waals surface area contributed by atoms with Gasteiger partial charge in [-0.25, -0.2) is 4.79 Å². The highest BCUT2D eigenvalue weighted by Gasteiger charge is 2.46. The van der Waals surface area contributed by atoms with Gasteiger partial charge in [-0.2, -0.15) is 0 Å². The summed E-state index contributed by atoms with van der Waals surface area (Å²) in [5.41, 5.74) is 2.85. The molecule has 1 unspecified atom stereocenters. The van der Waals surface area contributed by atoms with Gasteiger partial charge in [-0.1, -0.05) is 18.2 Å². The Bertz CT molecular complexity index is 776. The summed E-state index contributed by atoms with van der Waals surface area (Å²) in [7, 11) is 1.81. The van der Waals surface area contributed by atoms with Crippen LogP contribution in [0.3, 0.4) is 0 Å². The summed E-state index contributed by atoms with van der Waals surface area (Å²) in [6, 6.07) is 10.4. The Labute approximate surface area is 135 Å². The van der Waals surface area contributed by atoms with Crippen LogP contribution in [0.5, 0.6) is 0 Å². The molecule has 2 aliphatic heterocycles. The lowest BCUT2D eigenvalue weighted by molar-refractivity contribution is 0.0448. The molecule has 5 nitrogen and oxygen atoms in total. The molecule has 2 fully saturated rings. The van der Waals surface area contributed by atoms with Crippen LogP contribution >= 0.6 is 0 Å². The van der Waals surface area contributed by atoms with Crippen molar-refractivity contribution in [3.8, 4) is 0 Å². The third-order valence-corrected chi connectivity index (χ3v) is 4.84. The van der Waals surface area contributed by atoms with E-state index in [2.05, 4.69) is 28.1 Å². The number of ether oxygens (including phenoxy) is 1. The van der Waals surface area contributed by atoms with Gasteiger partial charge in [0.25, 0.3) is 0 Å². The van der Waals surface area contributed by atoms with Crippen molar-refractivity contribution in [2.75, 3.05) is 31.6 Å². The summed E-state index contributed by atoms with van der Waals surface area (Å²) in [5.74, 6) is 0. The van der Waals surface area contributed by atoms with E-state index in [1.54, 1.807) is 4.90 Å². The fourth-order valence-corrected chi connectivity index (χ4v) is 3.86. The molecular weight excluding hydrogens is 290 g/mol. The van der Waals surface area contributed by atoms with E-state index in [0.29, 0.717) is 6.54 Å². The molecule has 4 rings (SSSR count). The predicted octanol–water partition coefficient (Wildman–Crippen LogP) is 2.96. The maximum atomic E-state index is 11.8. The van der Waals surface area contributed by atoms with Crippen LogP contribution in [0.4, 0.5) is 10.5 Å². The van der Waals surface area contributed by atoms with E-state index in [4.69, 9.17) is 4.74 Å². The number of carbonyl (C=O) groups excluding carboxylic acids is 1. The number of aromatic nitrogens is 1. The highest BCUT2D eigenvalue weighted by atomic mass is 16.6. The van der Waals surface area contributed by atoms with Crippen molar-refractivity contribution < 1.29 is 9.53 Å². The average molecular weight is 311 g/mol. The number of pyridine rings is 1. The lowest BCUT2D eigenvalue weighted by Crippen LogP contribution is -2.50. The Morgan fingerprint density at radius 3 is 2.87 bits per heavy atom. The van der Waals surface area contributed by atoms with Crippen molar-refractivity contribution in [2.45, 2.75) is 25.4 Å². The van der Waals surface area contributed by atoms with Crippen LogP contribution in [-0.2, 0) is 4.74 Å². The standard InChI is InChI=1S/C18H21N3O2/c1-13-10-16(14-6-3-4-7-15(14)19-13)21-9-5-8-18(12-21)11-20(2)17(22)23-18/h3-4,6-7,10H,5,8-9,11-12H2,1-2H3. The number of carbonyl (C=O) groups is 1. The molecule has 0 radical (unpaired) electrons. The van der Waals surface area contributed by atoms with E-state index in [1.807, 2.05) is 26.1 Å². The molecule has 3 heterocycles. The monoisotopic (exact) mass is 311 g/mol. The first-order chi connectivity index (χ1) is 11.1. The van der Waals surface area contributed by atoms with Crippen LogP contribution in [0.1, 0.15) is 18.5 Å². The second-order valence-corrected chi connectivity index (χ2v) is 6.73. The maximum absolute atomic E-state index is 11.8. The number of fused-ring (bicyclic) bond motifs is 1. The Balaban J connectivity index is 1.72. The highest BCUT2D eigenvalue weighted by molar-refractivity contribution is 5.92. The smallest absolute Gasteiger partial charge is 0.410 e. The van der Waals surface area contributed by atoms with Crippen molar-refractivity contribution in [2.24, 2.45) is 0 Å². The van der Waals surface area contributed by atoms with Crippen LogP contribution in [-0.4, -0.2) is 48.3 Å². The predicted molar refractivity (Wildman–Crippen MR) is 89.8 cm³/mol. The molecular formula is C18H21N3O2. The van der Waals surface area contributed by atoms with Crippen LogP contribution in [0.15, 0.2) is 30.3 Å². The van der Waals surface area contributed by atoms with Gasteiger partial charge in [0, 0.05) is 30.4 Å². The highest BCUT2D eigenvalue weighted by Crippen LogP contribution is 2.36. The summed E-state index contributed by atoms with van der Waals surface area (Å²) in [6.07, 6.45) is 1.75. The number of amides is 1. The molecule has 1 aromatic heterocycles. The van der Waals surface area contributed by atoms with Gasteiger partial charge in [0.05, 0.1) is 18.6 Å². The fourth-order valence-electron chi connectivity index (χ4n) is 3.86. The Hall–Kier alpha value is -2.30. The first kappa shape index (κ1) is 14.3. The number of hydrogen-bond acceptors (Lipinski definition) is 4. The molecule has 0 saturated carbocycles. The SMILES string of the molecule is Cc1cc(N2CCCC3(CN(C)C(=O)O3)C2)c2ccccc2n1. The van der Waals surface area contributed by atoms with Crippen molar-refractivity contribution in [3.05, 3.63) is 36.0 Å². The second-order valence-electron chi connectivity index (χ2n) is 6.73. The number of para-hydroxylation sites is 1. The van der Waals surface area contributed by atoms with Crippen LogP contribution < -0.4 is 4.90 Å². The summed E-state index contributed by atoms with van der Waals surface area (Å²) in [4.78, 5) is 20.5. The summed E-state index contributed by atoms with van der Waals surface area (Å²) in [6.45, 7) is 4.43. The molecule has 2 aliphatic rings. The maximum Gasteiger partial charge on any atom is 0.410 e. The minimum absolute atomic E-state index is 0.206. The lowest BCUT2D eigenvalue weighted by Gasteiger charge is -2.40. The van der Waals surface area contributed by atoms with Crippen LogP contribution in [0, 0.1) is 6.92 Å². The Morgan fingerprint density at radius 1 is 1.26 bits per heavy atom. The van der Waals surface area contributed by atoms with Crippen molar-refractivity contribution in [3.63, 3.8) is 0 Å². The van der Waals surface area contributed by atoms with E-state index in [9.17, 15) is 4.79 Å². The molecule has 1 atom stereocenters. The minimum Gasteiger partial charge on any atom is -0.439 e. The van der Waals surface area contributed by atoms with Gasteiger partial charge in [-0.3, -0.25) is 4.98 Å². The normalized spacial score (nSPS) is 24.5. The summed E-state index contributed by atoms with van der Waals surface area (Å²) in [5, 5.41) is 1.16. The zero-order valence-corrected chi connectivity index (χ0v) is 13.6. The van der Waals surface area contributed by atoms with E-state index in [1.165, 1.54) is 5.69 Å². The fraction of sp³-hybridized carbons (Fsp3) is 0.444. The zero-order valence-electron chi connectivity index (χ0n) is 13.6. The van der Waals surface area contributed by atoms with Gasteiger partial charge in [0.2, 0.25) is 0 Å². The topological polar surface area (TPSA) is 45.7 Å². The number of hydrogen-bond donors (Lipinski definition) is 0. The number of rotatable bonds is 1. The van der Waals surface area contributed by atoms with Crippen LogP contribution in [0.2, 0.25) is 0 Å². The van der Waals surface area contributed by atoms with Crippen molar-refractivity contribution in [1.29, 1.82) is 0 Å².